The number of fused-ring (bicyclic) bond motifs is 1. The van der Waals surface area contributed by atoms with Crippen molar-refractivity contribution in [3.63, 3.8) is 0 Å². The summed E-state index contributed by atoms with van der Waals surface area (Å²) in [7, 11) is 0. The quantitative estimate of drug-likeness (QED) is 0.454. The number of nitrogens with zero attached hydrogens (tertiary/aromatic N) is 4. The lowest BCUT2D eigenvalue weighted by molar-refractivity contribution is 0.166. The Labute approximate surface area is 217 Å². The Morgan fingerprint density at radius 1 is 1.24 bits per heavy atom. The van der Waals surface area contributed by atoms with Gasteiger partial charge in [0, 0.05) is 24.2 Å². The van der Waals surface area contributed by atoms with Gasteiger partial charge in [0.25, 0.3) is 5.89 Å². The number of nitrogens with one attached hydrogen (secondary N) is 1. The van der Waals surface area contributed by atoms with Gasteiger partial charge in [-0.3, -0.25) is 0 Å². The van der Waals surface area contributed by atoms with Crippen LogP contribution in [-0.4, -0.2) is 40.3 Å². The van der Waals surface area contributed by atoms with Crippen molar-refractivity contribution >= 4 is 6.03 Å². The second-order valence-electron chi connectivity index (χ2n) is 10.2. The summed E-state index contributed by atoms with van der Waals surface area (Å²) < 4.78 is 11.3. The van der Waals surface area contributed by atoms with E-state index in [1.165, 1.54) is 6.42 Å². The number of ether oxygens (including phenoxy) is 1. The number of nitriles is 1. The average molecular weight is 500 g/mol. The van der Waals surface area contributed by atoms with Gasteiger partial charge in [0.05, 0.1) is 17.7 Å². The molecule has 37 heavy (non-hydrogen) atoms. The number of benzene rings is 2. The molecule has 1 N–H and O–H groups in total. The fourth-order valence-electron chi connectivity index (χ4n) is 5.36. The maximum atomic E-state index is 13.0. The zero-order chi connectivity index (χ0) is 25.9. The topological polar surface area (TPSA) is 104 Å². The van der Waals surface area contributed by atoms with Gasteiger partial charge in [-0.1, -0.05) is 36.7 Å². The fraction of sp³-hybridized carbons (Fsp3) is 0.448. The Kier molecular flexibility index (Phi) is 7.13. The van der Waals surface area contributed by atoms with E-state index in [9.17, 15) is 10.1 Å². The van der Waals surface area contributed by atoms with E-state index in [4.69, 9.17) is 9.26 Å². The molecule has 2 amide bonds. The van der Waals surface area contributed by atoms with Crippen molar-refractivity contribution in [2.75, 3.05) is 13.1 Å². The average Bonchev–Trinajstić information content (AvgIpc) is 3.56. The monoisotopic (exact) mass is 499 g/mol. The molecule has 0 spiro atoms. The number of piperidine rings is 1. The van der Waals surface area contributed by atoms with Crippen molar-refractivity contribution in [1.29, 1.82) is 5.26 Å². The second-order valence-corrected chi connectivity index (χ2v) is 10.2. The molecular formula is C29H33N5O3. The smallest absolute Gasteiger partial charge is 0.317 e. The van der Waals surface area contributed by atoms with E-state index in [0.717, 1.165) is 61.4 Å². The maximum Gasteiger partial charge on any atom is 0.317 e. The summed E-state index contributed by atoms with van der Waals surface area (Å²) in [5.41, 5.74) is 4.25. The van der Waals surface area contributed by atoms with Crippen LogP contribution in [0.25, 0.3) is 22.8 Å². The number of aromatic nitrogens is 2. The molecule has 2 heterocycles. The van der Waals surface area contributed by atoms with Gasteiger partial charge in [0.15, 0.2) is 0 Å². The number of amides is 2. The first-order valence-corrected chi connectivity index (χ1v) is 13.2. The van der Waals surface area contributed by atoms with E-state index in [1.807, 2.05) is 36.9 Å². The number of hydrogen-bond acceptors (Lipinski definition) is 6. The van der Waals surface area contributed by atoms with E-state index < -0.39 is 0 Å². The summed E-state index contributed by atoms with van der Waals surface area (Å²) in [5.74, 6) is 2.11. The molecule has 5 rings (SSSR count). The lowest BCUT2D eigenvalue weighted by Crippen LogP contribution is -2.45. The standard InChI is InChI=1S/C29H33N5O3/c1-4-19-12-14-34(15-13-19)29(35)31-25-10-9-22-23(25)6-5-7-24(22)27-32-28(37-33-27)20-8-11-26(36-18(2)3)21(16-20)17-30/h5-8,11,16,18-19,25H,4,9-10,12-15H2,1-3H3,(H,31,35)/t25-/m1/s1. The highest BCUT2D eigenvalue weighted by molar-refractivity contribution is 5.76. The zero-order valence-electron chi connectivity index (χ0n) is 21.7. The lowest BCUT2D eigenvalue weighted by Gasteiger charge is -2.32. The van der Waals surface area contributed by atoms with Crippen LogP contribution in [0, 0.1) is 17.2 Å². The molecule has 0 saturated carbocycles. The summed E-state index contributed by atoms with van der Waals surface area (Å²) in [6, 6.07) is 13.5. The molecule has 3 aromatic rings. The zero-order valence-corrected chi connectivity index (χ0v) is 21.7. The molecule has 1 fully saturated rings. The van der Waals surface area contributed by atoms with Crippen molar-refractivity contribution in [3.8, 4) is 34.7 Å². The molecule has 1 saturated heterocycles. The highest BCUT2D eigenvalue weighted by Gasteiger charge is 2.30. The normalized spacial score (nSPS) is 17.5. The van der Waals surface area contributed by atoms with Gasteiger partial charge in [0.1, 0.15) is 11.8 Å². The minimum Gasteiger partial charge on any atom is -0.490 e. The largest absolute Gasteiger partial charge is 0.490 e. The summed E-state index contributed by atoms with van der Waals surface area (Å²) in [6.07, 6.45) is 4.99. The Bertz CT molecular complexity index is 1320. The van der Waals surface area contributed by atoms with Crippen molar-refractivity contribution in [2.24, 2.45) is 5.92 Å². The van der Waals surface area contributed by atoms with Crippen LogP contribution in [0.4, 0.5) is 4.79 Å². The summed E-state index contributed by atoms with van der Waals surface area (Å²) >= 11 is 0. The van der Waals surface area contributed by atoms with Crippen LogP contribution in [0.5, 0.6) is 5.75 Å². The molecule has 8 heteroatoms. The Hall–Kier alpha value is -3.86. The highest BCUT2D eigenvalue weighted by Crippen LogP contribution is 2.38. The Balaban J connectivity index is 1.33. The van der Waals surface area contributed by atoms with Gasteiger partial charge < -0.3 is 19.5 Å². The van der Waals surface area contributed by atoms with Crippen LogP contribution in [-0.2, 0) is 6.42 Å². The predicted molar refractivity (Wildman–Crippen MR) is 140 cm³/mol. The molecule has 8 nitrogen and oxygen atoms in total. The first kappa shape index (κ1) is 24.8. The minimum atomic E-state index is -0.0324. The number of rotatable bonds is 6. The van der Waals surface area contributed by atoms with Crippen molar-refractivity contribution in [1.82, 2.24) is 20.4 Å². The second kappa shape index (κ2) is 10.6. The van der Waals surface area contributed by atoms with E-state index in [2.05, 4.69) is 34.5 Å². The van der Waals surface area contributed by atoms with Crippen LogP contribution >= 0.6 is 0 Å². The number of carbonyl (C=O) groups excluding carboxylic acids is 1. The van der Waals surface area contributed by atoms with E-state index >= 15 is 0 Å². The summed E-state index contributed by atoms with van der Waals surface area (Å²) in [4.78, 5) is 19.5. The van der Waals surface area contributed by atoms with Crippen LogP contribution in [0.1, 0.15) is 69.2 Å². The number of urea groups is 1. The molecule has 1 aromatic heterocycles. The molecule has 2 aromatic carbocycles. The summed E-state index contributed by atoms with van der Waals surface area (Å²) in [6.45, 7) is 7.72. The van der Waals surface area contributed by atoms with Crippen LogP contribution in [0.2, 0.25) is 0 Å². The Morgan fingerprint density at radius 2 is 2.05 bits per heavy atom. The van der Waals surface area contributed by atoms with Gasteiger partial charge in [-0.25, -0.2) is 4.79 Å². The molecule has 192 valence electrons. The highest BCUT2D eigenvalue weighted by atomic mass is 16.5. The van der Waals surface area contributed by atoms with Gasteiger partial charge in [-0.05, 0) is 74.8 Å². The van der Waals surface area contributed by atoms with E-state index in [0.29, 0.717) is 28.6 Å². The van der Waals surface area contributed by atoms with Crippen molar-refractivity contribution in [3.05, 3.63) is 53.1 Å². The third-order valence-corrected chi connectivity index (χ3v) is 7.42. The van der Waals surface area contributed by atoms with Gasteiger partial charge >= 0.3 is 6.03 Å². The van der Waals surface area contributed by atoms with Gasteiger partial charge in [-0.2, -0.15) is 10.2 Å². The number of likely N-dealkylation sites (tertiary alicyclic amines) is 1. The SMILES string of the molecule is CCC1CCN(C(=O)N[C@@H]2CCc3c(-c4noc(-c5ccc(OC(C)C)c(C#N)c5)n4)cccc32)CC1. The molecular weight excluding hydrogens is 466 g/mol. The number of hydrogen-bond donors (Lipinski definition) is 1. The van der Waals surface area contributed by atoms with E-state index in [1.54, 1.807) is 12.1 Å². The molecule has 0 radical (unpaired) electrons. The lowest BCUT2D eigenvalue weighted by atomic mass is 9.95. The maximum absolute atomic E-state index is 13.0. The van der Waals surface area contributed by atoms with Crippen LogP contribution in [0.15, 0.2) is 40.9 Å². The van der Waals surface area contributed by atoms with Crippen molar-refractivity contribution in [2.45, 2.75) is 65.0 Å². The van der Waals surface area contributed by atoms with Crippen LogP contribution < -0.4 is 10.1 Å². The molecule has 1 aliphatic heterocycles. The Morgan fingerprint density at radius 3 is 2.78 bits per heavy atom. The third-order valence-electron chi connectivity index (χ3n) is 7.42. The number of carbonyl (C=O) groups is 1. The van der Waals surface area contributed by atoms with Crippen LogP contribution in [0.3, 0.4) is 0 Å². The van der Waals surface area contributed by atoms with Crippen molar-refractivity contribution < 1.29 is 14.1 Å². The van der Waals surface area contributed by atoms with Gasteiger partial charge in [-0.15, -0.1) is 0 Å². The minimum absolute atomic E-state index is 0.0237. The molecule has 1 atom stereocenters. The fourth-order valence-corrected chi connectivity index (χ4v) is 5.36. The molecule has 0 unspecified atom stereocenters. The first-order valence-electron chi connectivity index (χ1n) is 13.2. The van der Waals surface area contributed by atoms with Gasteiger partial charge in [0.2, 0.25) is 5.82 Å². The molecule has 1 aliphatic carbocycles. The third kappa shape index (κ3) is 5.17. The predicted octanol–water partition coefficient (Wildman–Crippen LogP) is 5.88. The first-order chi connectivity index (χ1) is 18.0. The van der Waals surface area contributed by atoms with E-state index in [-0.39, 0.29) is 18.2 Å². The molecule has 0 bridgehead atoms. The summed E-state index contributed by atoms with van der Waals surface area (Å²) in [5, 5.41) is 17.1. The molecule has 2 aliphatic rings.